The lowest BCUT2D eigenvalue weighted by Gasteiger charge is -2.27. The molecule has 0 radical (unpaired) electrons. The number of halogens is 1. The molecule has 1 aromatic rings. The Morgan fingerprint density at radius 2 is 1.95 bits per heavy atom. The minimum Gasteiger partial charge on any atom is -0.354 e. The Kier molecular flexibility index (Phi) is 4.67. The van der Waals surface area contributed by atoms with Gasteiger partial charge in [-0.05, 0) is 43.4 Å². The fourth-order valence-corrected chi connectivity index (χ4v) is 3.64. The van der Waals surface area contributed by atoms with Crippen LogP contribution in [0.2, 0.25) is 5.02 Å². The largest absolute Gasteiger partial charge is 0.354 e. The summed E-state index contributed by atoms with van der Waals surface area (Å²) in [7, 11) is 0. The molecule has 0 saturated carbocycles. The van der Waals surface area contributed by atoms with Crippen molar-refractivity contribution in [3.05, 3.63) is 34.9 Å². The van der Waals surface area contributed by atoms with Gasteiger partial charge in [0.2, 0.25) is 11.8 Å². The fraction of sp³-hybridized carbons (Fsp3) is 0.529. The zero-order chi connectivity index (χ0) is 15.5. The molecule has 2 amide bonds. The molecule has 0 unspecified atom stereocenters. The van der Waals surface area contributed by atoms with Crippen molar-refractivity contribution in [2.45, 2.75) is 50.6 Å². The van der Waals surface area contributed by atoms with Crippen molar-refractivity contribution in [2.24, 2.45) is 0 Å². The van der Waals surface area contributed by atoms with E-state index in [0.29, 0.717) is 19.4 Å². The second kappa shape index (κ2) is 6.69. The number of hydrogen-bond donors (Lipinski definition) is 1. The molecule has 3 rings (SSSR count). The van der Waals surface area contributed by atoms with Crippen LogP contribution >= 0.6 is 11.6 Å². The van der Waals surface area contributed by atoms with Crippen LogP contribution in [0.25, 0.3) is 0 Å². The quantitative estimate of drug-likeness (QED) is 0.927. The van der Waals surface area contributed by atoms with E-state index in [4.69, 9.17) is 11.6 Å². The van der Waals surface area contributed by atoms with Crippen LogP contribution in [0.15, 0.2) is 24.3 Å². The average molecular weight is 321 g/mol. The van der Waals surface area contributed by atoms with Crippen molar-refractivity contribution in [3.8, 4) is 0 Å². The van der Waals surface area contributed by atoms with E-state index in [1.165, 1.54) is 5.56 Å². The maximum absolute atomic E-state index is 12.5. The van der Waals surface area contributed by atoms with E-state index in [2.05, 4.69) is 5.32 Å². The summed E-state index contributed by atoms with van der Waals surface area (Å²) in [6, 6.07) is 8.07. The van der Waals surface area contributed by atoms with Gasteiger partial charge in [-0.25, -0.2) is 0 Å². The predicted octanol–water partition coefficient (Wildman–Crippen LogP) is 2.54. The Hall–Kier alpha value is -1.55. The Balaban J connectivity index is 1.53. The molecule has 0 aliphatic carbocycles. The maximum atomic E-state index is 12.5. The highest BCUT2D eigenvalue weighted by Crippen LogP contribution is 2.29. The highest BCUT2D eigenvalue weighted by atomic mass is 35.5. The van der Waals surface area contributed by atoms with Crippen LogP contribution in [0, 0.1) is 0 Å². The van der Waals surface area contributed by atoms with E-state index >= 15 is 0 Å². The van der Waals surface area contributed by atoms with Crippen molar-refractivity contribution in [3.63, 3.8) is 0 Å². The lowest BCUT2D eigenvalue weighted by atomic mass is 10.1. The third-order valence-corrected chi connectivity index (χ3v) is 4.89. The maximum Gasteiger partial charge on any atom is 0.223 e. The molecular weight excluding hydrogens is 300 g/mol. The van der Waals surface area contributed by atoms with Gasteiger partial charge in [0.05, 0.1) is 0 Å². The minimum atomic E-state index is 0.0752. The minimum absolute atomic E-state index is 0.0752. The first-order valence-electron chi connectivity index (χ1n) is 7.96. The summed E-state index contributed by atoms with van der Waals surface area (Å²) in [5.41, 5.74) is 1.20. The first kappa shape index (κ1) is 15.3. The van der Waals surface area contributed by atoms with Crippen molar-refractivity contribution in [2.75, 3.05) is 6.54 Å². The molecule has 2 atom stereocenters. The van der Waals surface area contributed by atoms with E-state index < -0.39 is 0 Å². The molecule has 1 aromatic carbocycles. The van der Waals surface area contributed by atoms with Gasteiger partial charge >= 0.3 is 0 Å². The van der Waals surface area contributed by atoms with Gasteiger partial charge in [-0.15, -0.1) is 0 Å². The van der Waals surface area contributed by atoms with Crippen LogP contribution < -0.4 is 5.32 Å². The van der Waals surface area contributed by atoms with E-state index in [0.717, 1.165) is 30.7 Å². The van der Waals surface area contributed by atoms with E-state index in [9.17, 15) is 9.59 Å². The second-order valence-electron chi connectivity index (χ2n) is 6.17. The number of amides is 2. The molecule has 22 heavy (non-hydrogen) atoms. The van der Waals surface area contributed by atoms with Gasteiger partial charge in [0, 0.05) is 36.5 Å². The first-order chi connectivity index (χ1) is 10.6. The molecule has 2 aliphatic rings. The lowest BCUT2D eigenvalue weighted by molar-refractivity contribution is -0.134. The fourth-order valence-electron chi connectivity index (χ4n) is 3.51. The summed E-state index contributed by atoms with van der Waals surface area (Å²) < 4.78 is 0. The number of nitrogens with zero attached hydrogens (tertiary/aromatic N) is 1. The van der Waals surface area contributed by atoms with Gasteiger partial charge in [0.15, 0.2) is 0 Å². The van der Waals surface area contributed by atoms with Gasteiger partial charge in [-0.3, -0.25) is 9.59 Å². The van der Waals surface area contributed by atoms with Crippen LogP contribution in [0.1, 0.15) is 37.7 Å². The molecular formula is C17H21ClN2O2. The van der Waals surface area contributed by atoms with Crippen LogP contribution in [0.5, 0.6) is 0 Å². The van der Waals surface area contributed by atoms with Crippen LogP contribution in [0.4, 0.5) is 0 Å². The normalized spacial score (nSPS) is 24.0. The number of carbonyl (C=O) groups excluding carboxylic acids is 2. The van der Waals surface area contributed by atoms with Crippen molar-refractivity contribution in [1.29, 1.82) is 0 Å². The smallest absolute Gasteiger partial charge is 0.223 e. The van der Waals surface area contributed by atoms with Gasteiger partial charge in [0.25, 0.3) is 0 Å². The molecule has 0 aromatic heterocycles. The number of hydrogen-bond acceptors (Lipinski definition) is 2. The third-order valence-electron chi connectivity index (χ3n) is 4.63. The molecule has 0 spiro atoms. The van der Waals surface area contributed by atoms with Gasteiger partial charge in [-0.1, -0.05) is 23.7 Å². The average Bonchev–Trinajstić information content (AvgIpc) is 2.81. The number of carbonyl (C=O) groups is 2. The molecule has 2 bridgehead atoms. The van der Waals surface area contributed by atoms with Crippen molar-refractivity contribution in [1.82, 2.24) is 10.2 Å². The van der Waals surface area contributed by atoms with Crippen LogP contribution in [0.3, 0.4) is 0 Å². The van der Waals surface area contributed by atoms with Crippen LogP contribution in [-0.2, 0) is 16.0 Å². The highest BCUT2D eigenvalue weighted by Gasteiger charge is 2.39. The number of rotatable bonds is 4. The lowest BCUT2D eigenvalue weighted by Crippen LogP contribution is -2.42. The van der Waals surface area contributed by atoms with E-state index in [1.807, 2.05) is 29.2 Å². The standard InChI is InChI=1S/C17H21ClN2O2/c18-13-6-4-12(5-7-13)2-1-3-17(22)20-14-8-9-15(20)11-19-16(21)10-14/h4-7,14-15H,1-3,8-11H2,(H,19,21)/t14-,15+/m1/s1. The number of fused-ring (bicyclic) bond motifs is 2. The Morgan fingerprint density at radius 3 is 2.73 bits per heavy atom. The first-order valence-corrected chi connectivity index (χ1v) is 8.33. The van der Waals surface area contributed by atoms with Gasteiger partial charge in [0.1, 0.15) is 0 Å². The van der Waals surface area contributed by atoms with Gasteiger partial charge in [-0.2, -0.15) is 0 Å². The zero-order valence-corrected chi connectivity index (χ0v) is 13.3. The number of benzene rings is 1. The number of nitrogens with one attached hydrogen (secondary N) is 1. The summed E-state index contributed by atoms with van der Waals surface area (Å²) in [5, 5.41) is 3.64. The molecule has 118 valence electrons. The number of aryl methyl sites for hydroxylation is 1. The summed E-state index contributed by atoms with van der Waals surface area (Å²) in [4.78, 5) is 26.1. The molecule has 5 heteroatoms. The highest BCUT2D eigenvalue weighted by molar-refractivity contribution is 6.30. The molecule has 2 heterocycles. The monoisotopic (exact) mass is 320 g/mol. The van der Waals surface area contributed by atoms with Crippen molar-refractivity contribution >= 4 is 23.4 Å². The Morgan fingerprint density at radius 1 is 1.23 bits per heavy atom. The van der Waals surface area contributed by atoms with Crippen LogP contribution in [-0.4, -0.2) is 35.3 Å². The summed E-state index contributed by atoms with van der Waals surface area (Å²) >= 11 is 5.87. The summed E-state index contributed by atoms with van der Waals surface area (Å²) in [6.45, 7) is 0.609. The summed E-state index contributed by atoms with van der Waals surface area (Å²) in [6.07, 6.45) is 4.68. The zero-order valence-electron chi connectivity index (χ0n) is 12.6. The Bertz CT molecular complexity index is 558. The second-order valence-corrected chi connectivity index (χ2v) is 6.61. The van der Waals surface area contributed by atoms with E-state index in [-0.39, 0.29) is 23.9 Å². The topological polar surface area (TPSA) is 49.4 Å². The van der Waals surface area contributed by atoms with Gasteiger partial charge < -0.3 is 10.2 Å². The summed E-state index contributed by atoms with van der Waals surface area (Å²) in [5.74, 6) is 0.268. The molecule has 2 fully saturated rings. The van der Waals surface area contributed by atoms with Crippen molar-refractivity contribution < 1.29 is 9.59 Å². The third kappa shape index (κ3) is 3.43. The molecule has 2 saturated heterocycles. The predicted molar refractivity (Wildman–Crippen MR) is 85.7 cm³/mol. The Labute approximate surface area is 135 Å². The SMILES string of the molecule is O=C1C[C@H]2CC[C@@H](CN1)N2C(=O)CCCc1ccc(Cl)cc1. The van der Waals surface area contributed by atoms with E-state index in [1.54, 1.807) is 0 Å². The molecule has 2 aliphatic heterocycles. The molecule has 4 nitrogen and oxygen atoms in total. The molecule has 1 N–H and O–H groups in total.